The highest BCUT2D eigenvalue weighted by Gasteiger charge is 2.05. The molecule has 2 aromatic rings. The van der Waals surface area contributed by atoms with Crippen LogP contribution in [0.1, 0.15) is 25.5 Å². The van der Waals surface area contributed by atoms with E-state index in [-0.39, 0.29) is 0 Å². The highest BCUT2D eigenvalue weighted by Crippen LogP contribution is 2.23. The van der Waals surface area contributed by atoms with Gasteiger partial charge in [-0.15, -0.1) is 0 Å². The summed E-state index contributed by atoms with van der Waals surface area (Å²) in [4.78, 5) is 0. The van der Waals surface area contributed by atoms with Gasteiger partial charge in [0, 0.05) is 6.42 Å². The molecule has 0 saturated carbocycles. The van der Waals surface area contributed by atoms with Crippen LogP contribution in [0.25, 0.3) is 11.3 Å². The van der Waals surface area contributed by atoms with Gasteiger partial charge in [-0.3, -0.25) is 0 Å². The predicted octanol–water partition coefficient (Wildman–Crippen LogP) is 3.89. The second-order valence-corrected chi connectivity index (χ2v) is 3.21. The largest absolute Gasteiger partial charge is 0.468 e. The normalized spacial score (nSPS) is 10.6. The smallest absolute Gasteiger partial charge is 0.137 e. The fourth-order valence-electron chi connectivity index (χ4n) is 1.32. The first-order valence-electron chi connectivity index (χ1n) is 4.86. The second kappa shape index (κ2) is 4.18. The highest BCUT2D eigenvalue weighted by atomic mass is 16.3. The first-order chi connectivity index (χ1) is 6.90. The molecule has 73 valence electrons. The van der Waals surface area contributed by atoms with Crippen LogP contribution in [0.3, 0.4) is 0 Å². The minimum atomic E-state index is 0.852. The van der Waals surface area contributed by atoms with Gasteiger partial charge >= 0.3 is 0 Å². The van der Waals surface area contributed by atoms with E-state index in [0.29, 0.717) is 0 Å². The van der Waals surface area contributed by atoms with Gasteiger partial charge in [0.1, 0.15) is 17.8 Å². The Kier molecular flexibility index (Phi) is 2.73. The molecule has 1 radical (unpaired) electrons. The van der Waals surface area contributed by atoms with Crippen molar-refractivity contribution in [1.29, 1.82) is 0 Å². The zero-order valence-corrected chi connectivity index (χ0v) is 8.19. The van der Waals surface area contributed by atoms with E-state index in [4.69, 9.17) is 8.83 Å². The molecule has 0 unspecified atom stereocenters. The molecule has 2 heterocycles. The van der Waals surface area contributed by atoms with Crippen molar-refractivity contribution in [1.82, 2.24) is 0 Å². The van der Waals surface area contributed by atoms with Crippen molar-refractivity contribution >= 4 is 0 Å². The van der Waals surface area contributed by atoms with Gasteiger partial charge in [0.05, 0.1) is 11.8 Å². The van der Waals surface area contributed by atoms with Crippen molar-refractivity contribution in [2.24, 2.45) is 0 Å². The maximum atomic E-state index is 5.37. The molecule has 0 spiro atoms. The molecule has 0 aromatic carbocycles. The second-order valence-electron chi connectivity index (χ2n) is 3.21. The van der Waals surface area contributed by atoms with E-state index in [0.717, 1.165) is 29.9 Å². The lowest BCUT2D eigenvalue weighted by molar-refractivity contribution is 0.532. The van der Waals surface area contributed by atoms with Crippen LogP contribution in [-0.4, -0.2) is 0 Å². The van der Waals surface area contributed by atoms with Crippen LogP contribution in [0.15, 0.2) is 39.6 Å². The van der Waals surface area contributed by atoms with E-state index in [2.05, 4.69) is 13.3 Å². The summed E-state index contributed by atoms with van der Waals surface area (Å²) in [5.74, 6) is 1.77. The van der Waals surface area contributed by atoms with Crippen molar-refractivity contribution in [2.75, 3.05) is 0 Å². The summed E-state index contributed by atoms with van der Waals surface area (Å²) in [5.41, 5.74) is 0.998. The Balaban J connectivity index is 2.10. The van der Waals surface area contributed by atoms with E-state index in [9.17, 15) is 0 Å². The Hall–Kier alpha value is -1.44. The van der Waals surface area contributed by atoms with E-state index in [1.807, 2.05) is 18.2 Å². The van der Waals surface area contributed by atoms with Gasteiger partial charge in [-0.05, 0) is 24.6 Å². The third kappa shape index (κ3) is 1.90. The lowest BCUT2D eigenvalue weighted by Crippen LogP contribution is -1.75. The molecule has 2 nitrogen and oxygen atoms in total. The lowest BCUT2D eigenvalue weighted by atomic mass is 10.2. The maximum absolute atomic E-state index is 5.37. The Bertz CT molecular complexity index is 371. The SMILES string of the molecule is CCC[CH]c1cc(-c2ccco2)co1. The molecule has 0 bridgehead atoms. The molecule has 0 fully saturated rings. The summed E-state index contributed by atoms with van der Waals surface area (Å²) in [6.07, 6.45) is 7.66. The van der Waals surface area contributed by atoms with Gasteiger partial charge in [0.25, 0.3) is 0 Å². The molecule has 0 saturated heterocycles. The minimum absolute atomic E-state index is 0.852. The van der Waals surface area contributed by atoms with Crippen LogP contribution >= 0.6 is 0 Å². The molecule has 0 aliphatic carbocycles. The van der Waals surface area contributed by atoms with Crippen LogP contribution in [0, 0.1) is 6.42 Å². The molecule has 0 aliphatic rings. The Morgan fingerprint density at radius 3 is 3.00 bits per heavy atom. The van der Waals surface area contributed by atoms with Gasteiger partial charge in [0.15, 0.2) is 0 Å². The molecule has 0 N–H and O–H groups in total. The van der Waals surface area contributed by atoms with Crippen molar-refractivity contribution in [3.8, 4) is 11.3 Å². The van der Waals surface area contributed by atoms with Gasteiger partial charge < -0.3 is 8.83 Å². The minimum Gasteiger partial charge on any atom is -0.468 e. The number of rotatable bonds is 4. The molecule has 14 heavy (non-hydrogen) atoms. The summed E-state index contributed by atoms with van der Waals surface area (Å²) in [6, 6.07) is 5.79. The van der Waals surface area contributed by atoms with Crippen LogP contribution in [0.2, 0.25) is 0 Å². The van der Waals surface area contributed by atoms with Crippen molar-refractivity contribution in [3.63, 3.8) is 0 Å². The van der Waals surface area contributed by atoms with Gasteiger partial charge in [-0.1, -0.05) is 13.3 Å². The fraction of sp³-hybridized carbons (Fsp3) is 0.250. The molecular formula is C12H13O2. The van der Waals surface area contributed by atoms with E-state index in [1.165, 1.54) is 0 Å². The Morgan fingerprint density at radius 2 is 2.29 bits per heavy atom. The van der Waals surface area contributed by atoms with Crippen LogP contribution in [-0.2, 0) is 0 Å². The molecule has 0 aliphatic heterocycles. The van der Waals surface area contributed by atoms with Crippen LogP contribution in [0.5, 0.6) is 0 Å². The summed E-state index contributed by atoms with van der Waals surface area (Å²) in [7, 11) is 0. The van der Waals surface area contributed by atoms with E-state index >= 15 is 0 Å². The number of unbranched alkanes of at least 4 members (excludes halogenated alkanes) is 1. The van der Waals surface area contributed by atoms with Crippen LogP contribution in [0.4, 0.5) is 0 Å². The van der Waals surface area contributed by atoms with Crippen molar-refractivity contribution in [3.05, 3.63) is 42.9 Å². The average Bonchev–Trinajstić information content (AvgIpc) is 2.85. The predicted molar refractivity (Wildman–Crippen MR) is 54.7 cm³/mol. The first kappa shape index (κ1) is 9.13. The first-order valence-corrected chi connectivity index (χ1v) is 4.86. The average molecular weight is 189 g/mol. The van der Waals surface area contributed by atoms with E-state index in [1.54, 1.807) is 12.5 Å². The van der Waals surface area contributed by atoms with Gasteiger partial charge in [0.2, 0.25) is 0 Å². The highest BCUT2D eigenvalue weighted by molar-refractivity contribution is 5.56. The number of hydrogen-bond donors (Lipinski definition) is 0. The quantitative estimate of drug-likeness (QED) is 0.729. The molecule has 0 atom stereocenters. The Labute approximate surface area is 83.5 Å². The van der Waals surface area contributed by atoms with Crippen molar-refractivity contribution in [2.45, 2.75) is 19.8 Å². The maximum Gasteiger partial charge on any atom is 0.137 e. The summed E-state index contributed by atoms with van der Waals surface area (Å²) >= 11 is 0. The molecule has 2 aromatic heterocycles. The zero-order valence-electron chi connectivity index (χ0n) is 8.19. The monoisotopic (exact) mass is 189 g/mol. The van der Waals surface area contributed by atoms with Gasteiger partial charge in [-0.25, -0.2) is 0 Å². The number of hydrogen-bond acceptors (Lipinski definition) is 2. The molecule has 0 amide bonds. The molecule has 2 heteroatoms. The lowest BCUT2D eigenvalue weighted by Gasteiger charge is -1.90. The Morgan fingerprint density at radius 1 is 1.36 bits per heavy atom. The molecular weight excluding hydrogens is 176 g/mol. The van der Waals surface area contributed by atoms with E-state index < -0.39 is 0 Å². The third-order valence-corrected chi connectivity index (χ3v) is 2.06. The fourth-order valence-corrected chi connectivity index (χ4v) is 1.32. The van der Waals surface area contributed by atoms with Crippen molar-refractivity contribution < 1.29 is 8.83 Å². The zero-order chi connectivity index (χ0) is 9.80. The molecule has 2 rings (SSSR count). The standard InChI is InChI=1S/C12H13O2/c1-2-3-5-11-8-10(9-14-11)12-6-4-7-13-12/h4-9H,2-3H2,1H3. The third-order valence-electron chi connectivity index (χ3n) is 2.06. The van der Waals surface area contributed by atoms with Crippen LogP contribution < -0.4 is 0 Å². The summed E-state index contributed by atoms with van der Waals surface area (Å²) in [6.45, 7) is 2.15. The summed E-state index contributed by atoms with van der Waals surface area (Å²) < 4.78 is 10.6. The topological polar surface area (TPSA) is 26.3 Å². The summed E-state index contributed by atoms with van der Waals surface area (Å²) in [5, 5.41) is 0. The number of furan rings is 2. The van der Waals surface area contributed by atoms with Gasteiger partial charge in [-0.2, -0.15) is 0 Å².